The zero-order valence-corrected chi connectivity index (χ0v) is 14.2. The number of aliphatic hydroxyl groups is 1. The van der Waals surface area contributed by atoms with Crippen LogP contribution in [0.5, 0.6) is 0 Å². The second-order valence-corrected chi connectivity index (χ2v) is 8.39. The number of aliphatic hydroxyl groups excluding tert-OH is 1. The number of thioether (sulfide) groups is 1. The molecule has 3 nitrogen and oxygen atoms in total. The van der Waals surface area contributed by atoms with Gasteiger partial charge in [0.05, 0.1) is 16.8 Å². The highest BCUT2D eigenvalue weighted by molar-refractivity contribution is 7.99. The molecule has 0 aromatic heterocycles. The molecule has 6 heteroatoms. The lowest BCUT2D eigenvalue weighted by molar-refractivity contribution is 0.204. The van der Waals surface area contributed by atoms with Crippen molar-refractivity contribution >= 4 is 21.6 Å². The smallest absolute Gasteiger partial charge is 0.178 e. The largest absolute Gasteiger partial charge is 0.388 e. The van der Waals surface area contributed by atoms with Gasteiger partial charge in [0, 0.05) is 5.75 Å². The maximum atomic E-state index is 12.8. The molecule has 2 aromatic rings. The highest BCUT2D eigenvalue weighted by Crippen LogP contribution is 2.19. The first-order valence-electron chi connectivity index (χ1n) is 7.28. The number of rotatable bonds is 8. The molecule has 124 valence electrons. The van der Waals surface area contributed by atoms with Crippen molar-refractivity contribution in [2.75, 3.05) is 17.3 Å². The number of hydrogen-bond acceptors (Lipinski definition) is 4. The third-order valence-corrected chi connectivity index (χ3v) is 6.28. The average molecular weight is 354 g/mol. The first-order valence-corrected chi connectivity index (χ1v) is 10.1. The van der Waals surface area contributed by atoms with Crippen LogP contribution < -0.4 is 0 Å². The third kappa shape index (κ3) is 5.64. The maximum absolute atomic E-state index is 12.8. The van der Waals surface area contributed by atoms with Gasteiger partial charge in [0.25, 0.3) is 0 Å². The van der Waals surface area contributed by atoms with Gasteiger partial charge in [0.15, 0.2) is 9.84 Å². The van der Waals surface area contributed by atoms with Crippen molar-refractivity contribution in [3.8, 4) is 0 Å². The van der Waals surface area contributed by atoms with E-state index in [4.69, 9.17) is 0 Å². The molecule has 0 saturated heterocycles. The van der Waals surface area contributed by atoms with Crippen LogP contribution in [0.4, 0.5) is 4.39 Å². The number of benzene rings is 2. The van der Waals surface area contributed by atoms with Gasteiger partial charge in [-0.05, 0) is 42.0 Å². The quantitative estimate of drug-likeness (QED) is 0.583. The van der Waals surface area contributed by atoms with Gasteiger partial charge >= 0.3 is 0 Å². The van der Waals surface area contributed by atoms with Gasteiger partial charge < -0.3 is 5.11 Å². The molecule has 0 saturated carbocycles. The Labute approximate surface area is 140 Å². The summed E-state index contributed by atoms with van der Waals surface area (Å²) in [6, 6.07) is 14.2. The summed E-state index contributed by atoms with van der Waals surface area (Å²) in [6.07, 6.45) is -0.0544. The van der Waals surface area contributed by atoms with Crippen LogP contribution in [0.25, 0.3) is 0 Å². The minimum atomic E-state index is -3.37. The van der Waals surface area contributed by atoms with Gasteiger partial charge in [-0.3, -0.25) is 0 Å². The lowest BCUT2D eigenvalue weighted by Crippen LogP contribution is -2.08. The SMILES string of the molecule is O=S(=O)(CCCSCC(O)c1ccccc1)c1ccc(F)cc1. The fourth-order valence-corrected chi connectivity index (χ4v) is 4.50. The Morgan fingerprint density at radius 3 is 2.35 bits per heavy atom. The summed E-state index contributed by atoms with van der Waals surface area (Å²) in [6.45, 7) is 0. The Bertz CT molecular complexity index is 700. The number of sulfone groups is 1. The highest BCUT2D eigenvalue weighted by atomic mass is 32.2. The summed E-state index contributed by atoms with van der Waals surface area (Å²) >= 11 is 1.52. The molecule has 1 N–H and O–H groups in total. The molecule has 0 heterocycles. The van der Waals surface area contributed by atoms with Crippen molar-refractivity contribution in [2.24, 2.45) is 0 Å². The summed E-state index contributed by atoms with van der Waals surface area (Å²) in [7, 11) is -3.37. The van der Waals surface area contributed by atoms with Crippen molar-refractivity contribution in [1.29, 1.82) is 0 Å². The Kier molecular flexibility index (Phi) is 6.62. The molecule has 0 fully saturated rings. The summed E-state index contributed by atoms with van der Waals surface area (Å²) in [4.78, 5) is 0.147. The zero-order valence-electron chi connectivity index (χ0n) is 12.6. The van der Waals surface area contributed by atoms with E-state index in [-0.39, 0.29) is 10.6 Å². The lowest BCUT2D eigenvalue weighted by atomic mass is 10.1. The van der Waals surface area contributed by atoms with Crippen LogP contribution in [0.2, 0.25) is 0 Å². The van der Waals surface area contributed by atoms with Crippen molar-refractivity contribution < 1.29 is 17.9 Å². The van der Waals surface area contributed by atoms with Crippen LogP contribution >= 0.6 is 11.8 Å². The second kappa shape index (κ2) is 8.47. The normalized spacial score (nSPS) is 13.0. The maximum Gasteiger partial charge on any atom is 0.178 e. The Morgan fingerprint density at radius 1 is 1.04 bits per heavy atom. The molecule has 0 radical (unpaired) electrons. The van der Waals surface area contributed by atoms with Crippen LogP contribution in [0, 0.1) is 5.82 Å². The zero-order chi connectivity index (χ0) is 16.7. The number of hydrogen-bond donors (Lipinski definition) is 1. The minimum Gasteiger partial charge on any atom is -0.388 e. The van der Waals surface area contributed by atoms with Crippen LogP contribution in [-0.4, -0.2) is 30.8 Å². The molecule has 0 bridgehead atoms. The second-order valence-electron chi connectivity index (χ2n) is 5.13. The summed E-state index contributed by atoms with van der Waals surface area (Å²) in [5.74, 6) is 0.743. The predicted octanol–water partition coefficient (Wildman–Crippen LogP) is 3.46. The summed E-state index contributed by atoms with van der Waals surface area (Å²) in [5, 5.41) is 10.0. The van der Waals surface area contributed by atoms with E-state index in [0.717, 1.165) is 17.7 Å². The Balaban J connectivity index is 1.74. The molecular formula is C17H19FO3S2. The first-order chi connectivity index (χ1) is 11.0. The summed E-state index contributed by atoms with van der Waals surface area (Å²) in [5.41, 5.74) is 0.860. The average Bonchev–Trinajstić information content (AvgIpc) is 2.55. The van der Waals surface area contributed by atoms with E-state index in [1.54, 1.807) is 0 Å². The van der Waals surface area contributed by atoms with Gasteiger partial charge in [-0.25, -0.2) is 12.8 Å². The first kappa shape index (κ1) is 18.0. The molecule has 0 spiro atoms. The van der Waals surface area contributed by atoms with E-state index < -0.39 is 21.8 Å². The fourth-order valence-electron chi connectivity index (χ4n) is 2.08. The van der Waals surface area contributed by atoms with E-state index in [2.05, 4.69) is 0 Å². The Morgan fingerprint density at radius 2 is 1.70 bits per heavy atom. The Hall–Kier alpha value is -1.37. The molecule has 2 aromatic carbocycles. The fraction of sp³-hybridized carbons (Fsp3) is 0.294. The van der Waals surface area contributed by atoms with E-state index in [0.29, 0.717) is 17.9 Å². The molecular weight excluding hydrogens is 335 g/mol. The standard InChI is InChI=1S/C17H19FO3S2/c18-15-7-9-16(10-8-15)23(20,21)12-4-11-22-13-17(19)14-5-2-1-3-6-14/h1-3,5-10,17,19H,4,11-13H2. The number of halogens is 1. The molecule has 1 unspecified atom stereocenters. The van der Waals surface area contributed by atoms with Crippen molar-refractivity contribution in [3.63, 3.8) is 0 Å². The highest BCUT2D eigenvalue weighted by Gasteiger charge is 2.14. The van der Waals surface area contributed by atoms with Gasteiger partial charge in [0.2, 0.25) is 0 Å². The van der Waals surface area contributed by atoms with Crippen LogP contribution in [-0.2, 0) is 9.84 Å². The molecule has 0 aliphatic heterocycles. The van der Waals surface area contributed by atoms with Crippen molar-refractivity contribution in [1.82, 2.24) is 0 Å². The van der Waals surface area contributed by atoms with Crippen molar-refractivity contribution in [2.45, 2.75) is 17.4 Å². The van der Waals surface area contributed by atoms with Crippen LogP contribution in [0.15, 0.2) is 59.5 Å². The van der Waals surface area contributed by atoms with Crippen molar-refractivity contribution in [3.05, 3.63) is 66.0 Å². The predicted molar refractivity (Wildman–Crippen MR) is 91.8 cm³/mol. The lowest BCUT2D eigenvalue weighted by Gasteiger charge is -2.10. The molecule has 0 aliphatic rings. The molecule has 23 heavy (non-hydrogen) atoms. The molecule has 2 rings (SSSR count). The van der Waals surface area contributed by atoms with Gasteiger partial charge in [0.1, 0.15) is 5.82 Å². The topological polar surface area (TPSA) is 54.4 Å². The van der Waals surface area contributed by atoms with E-state index in [1.807, 2.05) is 30.3 Å². The minimum absolute atomic E-state index is 0.0209. The van der Waals surface area contributed by atoms with Gasteiger partial charge in [-0.15, -0.1) is 0 Å². The van der Waals surface area contributed by atoms with Gasteiger partial charge in [-0.2, -0.15) is 11.8 Å². The van der Waals surface area contributed by atoms with E-state index in [1.165, 1.54) is 23.9 Å². The molecule has 1 atom stereocenters. The summed E-state index contributed by atoms with van der Waals surface area (Å²) < 4.78 is 37.0. The third-order valence-electron chi connectivity index (χ3n) is 3.33. The van der Waals surface area contributed by atoms with E-state index >= 15 is 0 Å². The molecule has 0 amide bonds. The molecule has 0 aliphatic carbocycles. The van der Waals surface area contributed by atoms with Crippen LogP contribution in [0.1, 0.15) is 18.1 Å². The van der Waals surface area contributed by atoms with E-state index in [9.17, 15) is 17.9 Å². The van der Waals surface area contributed by atoms with Gasteiger partial charge in [-0.1, -0.05) is 30.3 Å². The van der Waals surface area contributed by atoms with Crippen LogP contribution in [0.3, 0.4) is 0 Å². The monoisotopic (exact) mass is 354 g/mol.